The van der Waals surface area contributed by atoms with Crippen molar-refractivity contribution in [2.45, 2.75) is 19.6 Å². The highest BCUT2D eigenvalue weighted by molar-refractivity contribution is 5.32. The van der Waals surface area contributed by atoms with E-state index in [0.29, 0.717) is 12.1 Å². The first-order valence-corrected chi connectivity index (χ1v) is 7.00. The van der Waals surface area contributed by atoms with E-state index in [1.54, 1.807) is 12.1 Å². The Balaban J connectivity index is 1.93. The first kappa shape index (κ1) is 15.2. The molecule has 3 heteroatoms. The van der Waals surface area contributed by atoms with Gasteiger partial charge in [0.2, 0.25) is 0 Å². The Morgan fingerprint density at radius 3 is 2.29 bits per heavy atom. The first-order chi connectivity index (χ1) is 10.1. The lowest BCUT2D eigenvalue weighted by atomic mass is 10.1. The molecule has 2 aromatic carbocycles. The Bertz CT molecular complexity index is 611. The van der Waals surface area contributed by atoms with Gasteiger partial charge in [0.05, 0.1) is 17.7 Å². The number of benzene rings is 2. The molecule has 2 aromatic rings. The monoisotopic (exact) mass is 280 g/mol. The van der Waals surface area contributed by atoms with E-state index in [2.05, 4.69) is 42.2 Å². The molecule has 0 aromatic heterocycles. The highest BCUT2D eigenvalue weighted by Gasteiger charge is 2.11. The van der Waals surface area contributed by atoms with Crippen molar-refractivity contribution in [3.63, 3.8) is 0 Å². The van der Waals surface area contributed by atoms with E-state index in [-0.39, 0.29) is 0 Å². The molecule has 0 spiro atoms. The van der Waals surface area contributed by atoms with Gasteiger partial charge in [-0.1, -0.05) is 42.0 Å². The van der Waals surface area contributed by atoms with Crippen LogP contribution in [0.25, 0.3) is 0 Å². The third-order valence-corrected chi connectivity index (χ3v) is 3.48. The number of likely N-dealkylation sites (N-methyl/N-ethyl adjacent to an activating group) is 1. The SMILES string of the molecule is Cc1ccc(CN(C)CC(O)c2ccc(C#N)cc2)cc1. The molecule has 3 nitrogen and oxygen atoms in total. The summed E-state index contributed by atoms with van der Waals surface area (Å²) in [5.74, 6) is 0. The minimum absolute atomic E-state index is 0.548. The van der Waals surface area contributed by atoms with Crippen molar-refractivity contribution in [3.8, 4) is 6.07 Å². The van der Waals surface area contributed by atoms with Gasteiger partial charge in [0.25, 0.3) is 0 Å². The second-order valence-corrected chi connectivity index (χ2v) is 5.43. The maximum absolute atomic E-state index is 10.3. The third-order valence-electron chi connectivity index (χ3n) is 3.48. The number of hydrogen-bond acceptors (Lipinski definition) is 3. The standard InChI is InChI=1S/C18H20N2O/c1-14-3-5-16(6-4-14)12-20(2)13-18(21)17-9-7-15(11-19)8-10-17/h3-10,18,21H,12-13H2,1-2H3. The van der Waals surface area contributed by atoms with Crippen LogP contribution in [0.3, 0.4) is 0 Å². The topological polar surface area (TPSA) is 47.3 Å². The molecule has 0 aliphatic rings. The lowest BCUT2D eigenvalue weighted by Gasteiger charge is -2.21. The summed E-state index contributed by atoms with van der Waals surface area (Å²) >= 11 is 0. The summed E-state index contributed by atoms with van der Waals surface area (Å²) in [6.07, 6.45) is -0.548. The fourth-order valence-electron chi connectivity index (χ4n) is 2.25. The molecule has 0 aliphatic carbocycles. The highest BCUT2D eigenvalue weighted by Crippen LogP contribution is 2.16. The van der Waals surface area contributed by atoms with Crippen LogP contribution in [0.15, 0.2) is 48.5 Å². The van der Waals surface area contributed by atoms with Crippen LogP contribution in [0.1, 0.15) is 28.4 Å². The van der Waals surface area contributed by atoms with E-state index in [0.717, 1.165) is 12.1 Å². The molecule has 0 bridgehead atoms. The predicted octanol–water partition coefficient (Wildman–Crippen LogP) is 3.03. The third kappa shape index (κ3) is 4.42. The molecule has 0 radical (unpaired) electrons. The van der Waals surface area contributed by atoms with Gasteiger partial charge in [-0.05, 0) is 37.2 Å². The van der Waals surface area contributed by atoms with E-state index < -0.39 is 6.10 Å². The first-order valence-electron chi connectivity index (χ1n) is 7.00. The normalized spacial score (nSPS) is 12.1. The van der Waals surface area contributed by atoms with Crippen LogP contribution in [-0.2, 0) is 6.54 Å². The Morgan fingerprint density at radius 1 is 1.10 bits per heavy atom. The van der Waals surface area contributed by atoms with E-state index in [1.807, 2.05) is 19.2 Å². The number of hydrogen-bond donors (Lipinski definition) is 1. The minimum atomic E-state index is -0.548. The summed E-state index contributed by atoms with van der Waals surface area (Å²) in [6, 6.07) is 17.6. The quantitative estimate of drug-likeness (QED) is 0.915. The molecular weight excluding hydrogens is 260 g/mol. The Kier molecular flexibility index (Phi) is 5.10. The number of aliphatic hydroxyl groups excluding tert-OH is 1. The van der Waals surface area contributed by atoms with Gasteiger partial charge >= 0.3 is 0 Å². The van der Waals surface area contributed by atoms with Crippen molar-refractivity contribution in [1.29, 1.82) is 5.26 Å². The lowest BCUT2D eigenvalue weighted by Crippen LogP contribution is -2.24. The smallest absolute Gasteiger partial charge is 0.0991 e. The van der Waals surface area contributed by atoms with Gasteiger partial charge in [0, 0.05) is 13.1 Å². The van der Waals surface area contributed by atoms with Crippen LogP contribution in [0, 0.1) is 18.3 Å². The predicted molar refractivity (Wildman–Crippen MR) is 83.6 cm³/mol. The van der Waals surface area contributed by atoms with Crippen molar-refractivity contribution in [2.75, 3.05) is 13.6 Å². The van der Waals surface area contributed by atoms with Gasteiger partial charge in [-0.15, -0.1) is 0 Å². The number of aryl methyl sites for hydroxylation is 1. The minimum Gasteiger partial charge on any atom is -0.387 e. The Hall–Kier alpha value is -2.15. The molecule has 0 aliphatic heterocycles. The second kappa shape index (κ2) is 7.03. The summed E-state index contributed by atoms with van der Waals surface area (Å²) in [6.45, 7) is 3.43. The van der Waals surface area contributed by atoms with E-state index in [1.165, 1.54) is 11.1 Å². The fourth-order valence-corrected chi connectivity index (χ4v) is 2.25. The molecule has 0 amide bonds. The number of nitriles is 1. The maximum atomic E-state index is 10.3. The molecule has 1 N–H and O–H groups in total. The molecule has 2 rings (SSSR count). The van der Waals surface area contributed by atoms with Gasteiger partial charge in [-0.2, -0.15) is 5.26 Å². The Labute approximate surface area is 126 Å². The molecule has 0 heterocycles. The van der Waals surface area contributed by atoms with Crippen LogP contribution >= 0.6 is 0 Å². The second-order valence-electron chi connectivity index (χ2n) is 5.43. The molecule has 0 saturated heterocycles. The Morgan fingerprint density at radius 2 is 1.71 bits per heavy atom. The van der Waals surface area contributed by atoms with Gasteiger partial charge in [0.1, 0.15) is 0 Å². The van der Waals surface area contributed by atoms with Crippen molar-refractivity contribution in [1.82, 2.24) is 4.90 Å². The molecule has 108 valence electrons. The summed E-state index contributed by atoms with van der Waals surface area (Å²) < 4.78 is 0. The van der Waals surface area contributed by atoms with Crippen LogP contribution < -0.4 is 0 Å². The van der Waals surface area contributed by atoms with Gasteiger partial charge in [0.15, 0.2) is 0 Å². The van der Waals surface area contributed by atoms with Crippen LogP contribution in [-0.4, -0.2) is 23.6 Å². The fraction of sp³-hybridized carbons (Fsp3) is 0.278. The molecule has 21 heavy (non-hydrogen) atoms. The lowest BCUT2D eigenvalue weighted by molar-refractivity contribution is 0.124. The summed E-state index contributed by atoms with van der Waals surface area (Å²) in [4.78, 5) is 2.09. The highest BCUT2D eigenvalue weighted by atomic mass is 16.3. The van der Waals surface area contributed by atoms with Crippen molar-refractivity contribution >= 4 is 0 Å². The van der Waals surface area contributed by atoms with E-state index in [4.69, 9.17) is 5.26 Å². The molecule has 1 atom stereocenters. The average molecular weight is 280 g/mol. The summed E-state index contributed by atoms with van der Waals surface area (Å²) in [5.41, 5.74) is 3.93. The summed E-state index contributed by atoms with van der Waals surface area (Å²) in [5, 5.41) is 19.0. The van der Waals surface area contributed by atoms with Gasteiger partial charge in [-0.3, -0.25) is 4.90 Å². The number of nitrogens with zero attached hydrogens (tertiary/aromatic N) is 2. The number of rotatable bonds is 5. The van der Waals surface area contributed by atoms with Crippen molar-refractivity contribution in [3.05, 3.63) is 70.8 Å². The van der Waals surface area contributed by atoms with Crippen LogP contribution in [0.5, 0.6) is 0 Å². The number of aliphatic hydroxyl groups is 1. The van der Waals surface area contributed by atoms with Gasteiger partial charge in [-0.25, -0.2) is 0 Å². The molecule has 0 saturated carbocycles. The molecule has 0 fully saturated rings. The molecular formula is C18H20N2O. The van der Waals surface area contributed by atoms with Crippen LogP contribution in [0.2, 0.25) is 0 Å². The summed E-state index contributed by atoms with van der Waals surface area (Å²) in [7, 11) is 1.99. The van der Waals surface area contributed by atoms with E-state index >= 15 is 0 Å². The zero-order valence-corrected chi connectivity index (χ0v) is 12.5. The van der Waals surface area contributed by atoms with Crippen LogP contribution in [0.4, 0.5) is 0 Å². The largest absolute Gasteiger partial charge is 0.387 e. The zero-order valence-electron chi connectivity index (χ0n) is 12.5. The maximum Gasteiger partial charge on any atom is 0.0991 e. The zero-order chi connectivity index (χ0) is 15.2. The van der Waals surface area contributed by atoms with Gasteiger partial charge < -0.3 is 5.11 Å². The average Bonchev–Trinajstić information content (AvgIpc) is 2.49. The molecule has 1 unspecified atom stereocenters. The van der Waals surface area contributed by atoms with E-state index in [9.17, 15) is 5.11 Å². The van der Waals surface area contributed by atoms with Crippen molar-refractivity contribution in [2.24, 2.45) is 0 Å². The van der Waals surface area contributed by atoms with Crippen molar-refractivity contribution < 1.29 is 5.11 Å².